The third-order valence-electron chi connectivity index (χ3n) is 3.60. The number of benzene rings is 1. The monoisotopic (exact) mass is 263 g/mol. The molecule has 5 heteroatoms. The van der Waals surface area contributed by atoms with Crippen molar-refractivity contribution >= 4 is 11.9 Å². The Kier molecular flexibility index (Phi) is 3.85. The van der Waals surface area contributed by atoms with E-state index in [0.717, 1.165) is 5.56 Å². The van der Waals surface area contributed by atoms with Crippen LogP contribution in [-0.4, -0.2) is 41.1 Å². The SMILES string of the molecule is COC(=O)C1(C(=O)O)CCCN1Cc1ccccc1. The number of esters is 1. The van der Waals surface area contributed by atoms with E-state index in [1.807, 2.05) is 30.3 Å². The summed E-state index contributed by atoms with van der Waals surface area (Å²) in [6.07, 6.45) is 0.968. The minimum atomic E-state index is -1.54. The van der Waals surface area contributed by atoms with Crippen molar-refractivity contribution in [3.05, 3.63) is 35.9 Å². The lowest BCUT2D eigenvalue weighted by molar-refractivity contribution is -0.168. The van der Waals surface area contributed by atoms with Gasteiger partial charge in [0.05, 0.1) is 7.11 Å². The van der Waals surface area contributed by atoms with E-state index in [2.05, 4.69) is 0 Å². The summed E-state index contributed by atoms with van der Waals surface area (Å²) in [5, 5.41) is 9.47. The molecule has 0 amide bonds. The number of hydrogen-bond acceptors (Lipinski definition) is 4. The zero-order valence-corrected chi connectivity index (χ0v) is 10.8. The number of carboxylic acids is 1. The van der Waals surface area contributed by atoms with Crippen molar-refractivity contribution in [1.82, 2.24) is 4.90 Å². The molecule has 0 spiro atoms. The Labute approximate surface area is 111 Å². The minimum absolute atomic E-state index is 0.293. The Morgan fingerprint density at radius 1 is 1.37 bits per heavy atom. The van der Waals surface area contributed by atoms with Gasteiger partial charge < -0.3 is 9.84 Å². The highest BCUT2D eigenvalue weighted by Gasteiger charge is 2.55. The van der Waals surface area contributed by atoms with Gasteiger partial charge in [-0.15, -0.1) is 0 Å². The van der Waals surface area contributed by atoms with Gasteiger partial charge in [-0.25, -0.2) is 9.59 Å². The lowest BCUT2D eigenvalue weighted by atomic mass is 9.96. The van der Waals surface area contributed by atoms with Gasteiger partial charge in [-0.3, -0.25) is 4.90 Å². The number of carbonyl (C=O) groups is 2. The number of aliphatic carboxylic acids is 1. The highest BCUT2D eigenvalue weighted by atomic mass is 16.5. The van der Waals surface area contributed by atoms with Crippen molar-refractivity contribution in [3.63, 3.8) is 0 Å². The number of carbonyl (C=O) groups excluding carboxylic acids is 1. The Morgan fingerprint density at radius 2 is 2.05 bits per heavy atom. The summed E-state index contributed by atoms with van der Waals surface area (Å²) in [6, 6.07) is 9.53. The Balaban J connectivity index is 2.28. The topological polar surface area (TPSA) is 66.8 Å². The maximum atomic E-state index is 11.9. The van der Waals surface area contributed by atoms with Gasteiger partial charge in [-0.05, 0) is 18.4 Å². The Morgan fingerprint density at radius 3 is 2.63 bits per heavy atom. The molecule has 0 saturated carbocycles. The van der Waals surface area contributed by atoms with E-state index in [9.17, 15) is 14.7 Å². The number of hydrogen-bond donors (Lipinski definition) is 1. The molecule has 2 rings (SSSR count). The fourth-order valence-corrected chi connectivity index (χ4v) is 2.62. The molecule has 1 aromatic carbocycles. The highest BCUT2D eigenvalue weighted by Crippen LogP contribution is 2.32. The molecule has 0 bridgehead atoms. The summed E-state index contributed by atoms with van der Waals surface area (Å²) in [5.74, 6) is -1.82. The number of nitrogens with zero attached hydrogens (tertiary/aromatic N) is 1. The fraction of sp³-hybridized carbons (Fsp3) is 0.429. The third-order valence-corrected chi connectivity index (χ3v) is 3.60. The first-order chi connectivity index (χ1) is 9.11. The highest BCUT2D eigenvalue weighted by molar-refractivity contribution is 6.04. The van der Waals surface area contributed by atoms with Crippen LogP contribution >= 0.6 is 0 Å². The van der Waals surface area contributed by atoms with E-state index in [-0.39, 0.29) is 0 Å². The van der Waals surface area contributed by atoms with E-state index in [4.69, 9.17) is 4.74 Å². The summed E-state index contributed by atoms with van der Waals surface area (Å²) in [5.41, 5.74) is -0.552. The zero-order chi connectivity index (χ0) is 13.9. The molecule has 1 unspecified atom stereocenters. The molecule has 0 aliphatic carbocycles. The van der Waals surface area contributed by atoms with Crippen LogP contribution in [0.3, 0.4) is 0 Å². The van der Waals surface area contributed by atoms with Crippen molar-refractivity contribution in [2.45, 2.75) is 24.9 Å². The molecule has 19 heavy (non-hydrogen) atoms. The van der Waals surface area contributed by atoms with Gasteiger partial charge in [0, 0.05) is 13.1 Å². The second-order valence-corrected chi connectivity index (χ2v) is 4.67. The van der Waals surface area contributed by atoms with Crippen molar-refractivity contribution < 1.29 is 19.4 Å². The van der Waals surface area contributed by atoms with Gasteiger partial charge in [0.25, 0.3) is 0 Å². The molecule has 0 aromatic heterocycles. The average molecular weight is 263 g/mol. The normalized spacial score (nSPS) is 23.2. The van der Waals surface area contributed by atoms with E-state index >= 15 is 0 Å². The van der Waals surface area contributed by atoms with Crippen LogP contribution in [0.4, 0.5) is 0 Å². The standard InChI is InChI=1S/C14H17NO4/c1-19-13(18)14(12(16)17)8-5-9-15(14)10-11-6-3-2-4-7-11/h2-4,6-7H,5,8-10H2,1H3,(H,16,17). The number of ether oxygens (including phenoxy) is 1. The van der Waals surface area contributed by atoms with E-state index in [0.29, 0.717) is 25.9 Å². The smallest absolute Gasteiger partial charge is 0.338 e. The molecule has 1 aliphatic heterocycles. The Bertz CT molecular complexity index is 474. The minimum Gasteiger partial charge on any atom is -0.479 e. The van der Waals surface area contributed by atoms with E-state index in [1.165, 1.54) is 7.11 Å². The van der Waals surface area contributed by atoms with Crippen LogP contribution < -0.4 is 0 Å². The molecule has 0 radical (unpaired) electrons. The summed E-state index contributed by atoms with van der Waals surface area (Å²) in [4.78, 5) is 25.2. The zero-order valence-electron chi connectivity index (χ0n) is 10.8. The lowest BCUT2D eigenvalue weighted by Crippen LogP contribution is -2.56. The van der Waals surface area contributed by atoms with Gasteiger partial charge in [-0.1, -0.05) is 30.3 Å². The van der Waals surface area contributed by atoms with Crippen molar-refractivity contribution in [2.24, 2.45) is 0 Å². The van der Waals surface area contributed by atoms with Gasteiger partial charge in [0.1, 0.15) is 0 Å². The maximum Gasteiger partial charge on any atom is 0.338 e. The first-order valence-electron chi connectivity index (χ1n) is 6.22. The fourth-order valence-electron chi connectivity index (χ4n) is 2.62. The summed E-state index contributed by atoms with van der Waals surface area (Å²) in [7, 11) is 1.23. The molecule has 1 aromatic rings. The lowest BCUT2D eigenvalue weighted by Gasteiger charge is -2.31. The second-order valence-electron chi connectivity index (χ2n) is 4.67. The molecule has 1 aliphatic rings. The predicted octanol–water partition coefficient (Wildman–Crippen LogP) is 1.28. The first-order valence-corrected chi connectivity index (χ1v) is 6.22. The van der Waals surface area contributed by atoms with E-state index < -0.39 is 17.5 Å². The summed E-state index contributed by atoms with van der Waals surface area (Å²) >= 11 is 0. The van der Waals surface area contributed by atoms with E-state index in [1.54, 1.807) is 4.90 Å². The van der Waals surface area contributed by atoms with Gasteiger partial charge in [0.2, 0.25) is 5.54 Å². The quantitative estimate of drug-likeness (QED) is 0.654. The maximum absolute atomic E-state index is 11.9. The van der Waals surface area contributed by atoms with Crippen LogP contribution in [0.2, 0.25) is 0 Å². The van der Waals surface area contributed by atoms with Crippen LogP contribution in [0, 0.1) is 0 Å². The second kappa shape index (κ2) is 5.40. The van der Waals surface area contributed by atoms with Crippen molar-refractivity contribution in [2.75, 3.05) is 13.7 Å². The summed E-state index contributed by atoms with van der Waals surface area (Å²) in [6.45, 7) is 1.01. The molecule has 1 heterocycles. The molecular weight excluding hydrogens is 246 g/mol. The number of carboxylic acid groups (broad SMARTS) is 1. The van der Waals surface area contributed by atoms with Crippen LogP contribution in [0.5, 0.6) is 0 Å². The Hall–Kier alpha value is -1.88. The summed E-state index contributed by atoms with van der Waals surface area (Å²) < 4.78 is 4.71. The molecule has 1 atom stereocenters. The van der Waals surface area contributed by atoms with Crippen molar-refractivity contribution in [3.8, 4) is 0 Å². The van der Waals surface area contributed by atoms with Crippen LogP contribution in [0.25, 0.3) is 0 Å². The van der Waals surface area contributed by atoms with Crippen molar-refractivity contribution in [1.29, 1.82) is 0 Å². The van der Waals surface area contributed by atoms with Crippen LogP contribution in [-0.2, 0) is 20.9 Å². The molecule has 5 nitrogen and oxygen atoms in total. The number of likely N-dealkylation sites (tertiary alicyclic amines) is 1. The third kappa shape index (κ3) is 2.33. The molecule has 1 N–H and O–H groups in total. The molecule has 1 saturated heterocycles. The number of methoxy groups -OCH3 is 1. The molecule has 1 fully saturated rings. The van der Waals surface area contributed by atoms with Crippen LogP contribution in [0.1, 0.15) is 18.4 Å². The largest absolute Gasteiger partial charge is 0.479 e. The predicted molar refractivity (Wildman–Crippen MR) is 68.5 cm³/mol. The van der Waals surface area contributed by atoms with Gasteiger partial charge in [-0.2, -0.15) is 0 Å². The van der Waals surface area contributed by atoms with Gasteiger partial charge >= 0.3 is 11.9 Å². The molecule has 102 valence electrons. The van der Waals surface area contributed by atoms with Crippen LogP contribution in [0.15, 0.2) is 30.3 Å². The first kappa shape index (κ1) is 13.5. The average Bonchev–Trinajstić information content (AvgIpc) is 2.83. The number of rotatable bonds is 4. The molecular formula is C14H17NO4. The van der Waals surface area contributed by atoms with Gasteiger partial charge in [0.15, 0.2) is 0 Å².